The average Bonchev–Trinajstić information content (AvgIpc) is 2.29. The molecule has 1 rings (SSSR count). The minimum atomic E-state index is -3.61. The molecule has 0 unspecified atom stereocenters. The van der Waals surface area contributed by atoms with E-state index in [4.69, 9.17) is 22.1 Å². The Morgan fingerprint density at radius 1 is 1.44 bits per heavy atom. The fraction of sp³-hybridized carbons (Fsp3) is 0.400. The minimum Gasteiger partial charge on any atom is -0.495 e. The maximum Gasteiger partial charge on any atom is 0.244 e. The van der Waals surface area contributed by atoms with Gasteiger partial charge in [0, 0.05) is 11.6 Å². The van der Waals surface area contributed by atoms with Crippen LogP contribution >= 0.6 is 24.0 Å². The molecule has 8 heteroatoms. The van der Waals surface area contributed by atoms with E-state index in [0.717, 1.165) is 0 Å². The molecule has 0 aromatic heterocycles. The van der Waals surface area contributed by atoms with Crippen molar-refractivity contribution < 1.29 is 13.2 Å². The molecule has 0 amide bonds. The summed E-state index contributed by atoms with van der Waals surface area (Å²) in [6, 6.07) is 4.43. The summed E-state index contributed by atoms with van der Waals surface area (Å²) in [6.45, 7) is 0.712. The van der Waals surface area contributed by atoms with Gasteiger partial charge < -0.3 is 10.5 Å². The van der Waals surface area contributed by atoms with E-state index in [0.29, 0.717) is 18.0 Å². The summed E-state index contributed by atoms with van der Waals surface area (Å²) < 4.78 is 31.3. The normalized spacial score (nSPS) is 10.8. The number of benzene rings is 1. The van der Waals surface area contributed by atoms with Crippen molar-refractivity contribution in [2.45, 2.75) is 11.3 Å². The van der Waals surface area contributed by atoms with Crippen molar-refractivity contribution in [2.75, 3.05) is 20.2 Å². The van der Waals surface area contributed by atoms with Gasteiger partial charge in [0.25, 0.3) is 0 Å². The van der Waals surface area contributed by atoms with Crippen LogP contribution in [0, 0.1) is 0 Å². The number of halogens is 2. The quantitative estimate of drug-likeness (QED) is 0.778. The molecule has 18 heavy (non-hydrogen) atoms. The lowest BCUT2D eigenvalue weighted by Crippen LogP contribution is -2.26. The Hall–Kier alpha value is -0.530. The zero-order valence-corrected chi connectivity index (χ0v) is 12.2. The van der Waals surface area contributed by atoms with Gasteiger partial charge in [-0.25, -0.2) is 13.1 Å². The molecule has 0 atom stereocenters. The van der Waals surface area contributed by atoms with E-state index in [1.807, 2.05) is 0 Å². The van der Waals surface area contributed by atoms with Crippen molar-refractivity contribution in [2.24, 2.45) is 5.73 Å². The average molecular weight is 315 g/mol. The highest BCUT2D eigenvalue weighted by atomic mass is 35.5. The van der Waals surface area contributed by atoms with Gasteiger partial charge in [-0.15, -0.1) is 12.4 Å². The van der Waals surface area contributed by atoms with E-state index in [-0.39, 0.29) is 29.6 Å². The predicted octanol–water partition coefficient (Wildman–Crippen LogP) is 1.40. The number of hydrogen-bond donors (Lipinski definition) is 2. The van der Waals surface area contributed by atoms with Gasteiger partial charge in [-0.1, -0.05) is 11.6 Å². The summed E-state index contributed by atoms with van der Waals surface area (Å²) >= 11 is 5.77. The molecule has 0 radical (unpaired) electrons. The lowest BCUT2D eigenvalue weighted by Gasteiger charge is -2.10. The molecule has 0 saturated heterocycles. The Balaban J connectivity index is 0.00000289. The van der Waals surface area contributed by atoms with Crippen LogP contribution in [0.4, 0.5) is 0 Å². The second-order valence-corrected chi connectivity index (χ2v) is 5.51. The lowest BCUT2D eigenvalue weighted by atomic mass is 10.3. The Morgan fingerprint density at radius 3 is 2.67 bits per heavy atom. The fourth-order valence-electron chi connectivity index (χ4n) is 1.25. The van der Waals surface area contributed by atoms with Crippen LogP contribution in [0.2, 0.25) is 5.02 Å². The second kappa shape index (κ2) is 7.81. The first-order chi connectivity index (χ1) is 8.01. The number of rotatable bonds is 6. The number of hydrogen-bond acceptors (Lipinski definition) is 4. The van der Waals surface area contributed by atoms with Crippen LogP contribution in [-0.4, -0.2) is 28.6 Å². The number of nitrogens with two attached hydrogens (primary N) is 1. The molecule has 0 aliphatic rings. The summed E-state index contributed by atoms with van der Waals surface area (Å²) in [7, 11) is -2.21. The van der Waals surface area contributed by atoms with Crippen molar-refractivity contribution in [1.29, 1.82) is 0 Å². The molecular formula is C10H16Cl2N2O3S. The molecule has 0 fully saturated rings. The third-order valence-electron chi connectivity index (χ3n) is 2.09. The smallest absolute Gasteiger partial charge is 0.244 e. The molecule has 0 spiro atoms. The van der Waals surface area contributed by atoms with Crippen LogP contribution in [0.15, 0.2) is 23.1 Å². The van der Waals surface area contributed by atoms with Gasteiger partial charge in [0.1, 0.15) is 10.6 Å². The maximum atomic E-state index is 11.9. The number of ether oxygens (including phenoxy) is 1. The molecule has 1 aromatic carbocycles. The lowest BCUT2D eigenvalue weighted by molar-refractivity contribution is 0.402. The Morgan fingerprint density at radius 2 is 2.11 bits per heavy atom. The first kappa shape index (κ1) is 17.5. The molecule has 0 saturated carbocycles. The van der Waals surface area contributed by atoms with Crippen LogP contribution in [0.25, 0.3) is 0 Å². The Kier molecular flexibility index (Phi) is 7.58. The van der Waals surface area contributed by atoms with Gasteiger partial charge in [-0.2, -0.15) is 0 Å². The largest absolute Gasteiger partial charge is 0.495 e. The van der Waals surface area contributed by atoms with Gasteiger partial charge in [0.15, 0.2) is 0 Å². The summed E-state index contributed by atoms with van der Waals surface area (Å²) in [6.07, 6.45) is 0.572. The minimum absolute atomic E-state index is 0. The van der Waals surface area contributed by atoms with Crippen LogP contribution in [0.3, 0.4) is 0 Å². The Bertz CT molecular complexity index is 480. The van der Waals surface area contributed by atoms with E-state index >= 15 is 0 Å². The predicted molar refractivity (Wildman–Crippen MR) is 74.1 cm³/mol. The van der Waals surface area contributed by atoms with E-state index in [1.165, 1.54) is 19.2 Å². The third kappa shape index (κ3) is 4.62. The monoisotopic (exact) mass is 314 g/mol. The highest BCUT2D eigenvalue weighted by molar-refractivity contribution is 7.89. The molecule has 3 N–H and O–H groups in total. The standard InChI is InChI=1S/C10H15ClN2O3S.ClH/c1-16-9-4-3-8(11)7-10(9)17(14,15)13-6-2-5-12;/h3-4,7,13H,2,5-6,12H2,1H3;1H. The molecule has 5 nitrogen and oxygen atoms in total. The summed E-state index contributed by atoms with van der Waals surface area (Å²) in [5.74, 6) is 0.259. The number of sulfonamides is 1. The van der Waals surface area contributed by atoms with Crippen molar-refractivity contribution in [3.05, 3.63) is 23.2 Å². The zero-order chi connectivity index (χ0) is 12.9. The molecule has 0 heterocycles. The summed E-state index contributed by atoms with van der Waals surface area (Å²) in [5.41, 5.74) is 5.30. The first-order valence-corrected chi connectivity index (χ1v) is 6.90. The number of methoxy groups -OCH3 is 1. The zero-order valence-electron chi connectivity index (χ0n) is 9.85. The SMILES string of the molecule is COc1ccc(Cl)cc1S(=O)(=O)NCCCN.Cl. The molecule has 1 aromatic rings. The van der Waals surface area contributed by atoms with Gasteiger partial charge in [-0.3, -0.25) is 0 Å². The third-order valence-corrected chi connectivity index (χ3v) is 3.81. The van der Waals surface area contributed by atoms with Crippen LogP contribution in [0.5, 0.6) is 5.75 Å². The van der Waals surface area contributed by atoms with Crippen molar-refractivity contribution in [1.82, 2.24) is 4.72 Å². The molecular weight excluding hydrogens is 299 g/mol. The van der Waals surface area contributed by atoms with Gasteiger partial charge in [0.05, 0.1) is 7.11 Å². The van der Waals surface area contributed by atoms with Gasteiger partial charge >= 0.3 is 0 Å². The van der Waals surface area contributed by atoms with Crippen molar-refractivity contribution >= 4 is 34.0 Å². The van der Waals surface area contributed by atoms with Gasteiger partial charge in [0.2, 0.25) is 10.0 Å². The molecule has 0 aliphatic carbocycles. The fourth-order valence-corrected chi connectivity index (χ4v) is 2.75. The number of nitrogens with one attached hydrogen (secondary N) is 1. The first-order valence-electron chi connectivity index (χ1n) is 5.04. The van der Waals surface area contributed by atoms with Crippen LogP contribution in [0.1, 0.15) is 6.42 Å². The highest BCUT2D eigenvalue weighted by Crippen LogP contribution is 2.26. The van der Waals surface area contributed by atoms with E-state index < -0.39 is 10.0 Å². The molecule has 0 bridgehead atoms. The topological polar surface area (TPSA) is 81.4 Å². The van der Waals surface area contributed by atoms with Crippen molar-refractivity contribution in [3.8, 4) is 5.75 Å². The highest BCUT2D eigenvalue weighted by Gasteiger charge is 2.19. The van der Waals surface area contributed by atoms with Crippen LogP contribution in [-0.2, 0) is 10.0 Å². The van der Waals surface area contributed by atoms with Crippen LogP contribution < -0.4 is 15.2 Å². The van der Waals surface area contributed by atoms with E-state index in [1.54, 1.807) is 6.07 Å². The summed E-state index contributed by atoms with van der Waals surface area (Å²) in [4.78, 5) is 0.0320. The summed E-state index contributed by atoms with van der Waals surface area (Å²) in [5, 5.41) is 0.338. The second-order valence-electron chi connectivity index (χ2n) is 3.34. The van der Waals surface area contributed by atoms with Crippen molar-refractivity contribution in [3.63, 3.8) is 0 Å². The molecule has 0 aliphatic heterocycles. The van der Waals surface area contributed by atoms with Gasteiger partial charge in [-0.05, 0) is 31.2 Å². The van der Waals surface area contributed by atoms with E-state index in [2.05, 4.69) is 4.72 Å². The Labute approximate surface area is 118 Å². The van der Waals surface area contributed by atoms with E-state index in [9.17, 15) is 8.42 Å². The maximum absolute atomic E-state index is 11.9. The molecule has 104 valence electrons.